The number of allylic oxidation sites excluding steroid dienone is 2. The Hall–Kier alpha value is -0.660. The maximum absolute atomic E-state index is 12.6. The zero-order valence-corrected chi connectivity index (χ0v) is 6.06. The zero-order valence-electron chi connectivity index (χ0n) is 6.06. The average Bonchev–Trinajstić information content (AvgIpc) is 1.85. The van der Waals surface area contributed by atoms with Crippen molar-refractivity contribution in [2.75, 3.05) is 0 Å². The van der Waals surface area contributed by atoms with E-state index in [1.54, 1.807) is 6.08 Å². The first-order chi connectivity index (χ1) is 4.72. The standard InChI is InChI=1S/C8H11FO/c1-2-6-3-7(9)5-8(10)4-6/h4,7H,2-3,5H2,1H3. The lowest BCUT2D eigenvalue weighted by molar-refractivity contribution is -0.116. The summed E-state index contributed by atoms with van der Waals surface area (Å²) in [6.45, 7) is 1.94. The second-order valence-electron chi connectivity index (χ2n) is 2.63. The van der Waals surface area contributed by atoms with Gasteiger partial charge in [0.15, 0.2) is 5.78 Å². The molecule has 0 N–H and O–H groups in total. The van der Waals surface area contributed by atoms with E-state index >= 15 is 0 Å². The fourth-order valence-corrected chi connectivity index (χ4v) is 1.17. The van der Waals surface area contributed by atoms with Crippen LogP contribution in [0.4, 0.5) is 4.39 Å². The summed E-state index contributed by atoms with van der Waals surface area (Å²) in [5, 5.41) is 0. The minimum atomic E-state index is -0.924. The van der Waals surface area contributed by atoms with Crippen LogP contribution in [0.2, 0.25) is 0 Å². The van der Waals surface area contributed by atoms with Gasteiger partial charge in [-0.3, -0.25) is 4.79 Å². The highest BCUT2D eigenvalue weighted by Gasteiger charge is 2.18. The number of rotatable bonds is 1. The normalized spacial score (nSPS) is 26.4. The van der Waals surface area contributed by atoms with E-state index in [0.717, 1.165) is 12.0 Å². The van der Waals surface area contributed by atoms with Crippen molar-refractivity contribution in [3.8, 4) is 0 Å². The van der Waals surface area contributed by atoms with Gasteiger partial charge in [-0.25, -0.2) is 4.39 Å². The van der Waals surface area contributed by atoms with Crippen LogP contribution in [-0.2, 0) is 4.79 Å². The van der Waals surface area contributed by atoms with Crippen LogP contribution in [0.25, 0.3) is 0 Å². The number of halogens is 1. The van der Waals surface area contributed by atoms with Crippen LogP contribution in [0.1, 0.15) is 26.2 Å². The molecule has 1 nitrogen and oxygen atoms in total. The number of carbonyl (C=O) groups excluding carboxylic acids is 1. The number of alkyl halides is 1. The summed E-state index contributed by atoms with van der Waals surface area (Å²) in [5.74, 6) is -0.0596. The fraction of sp³-hybridized carbons (Fsp3) is 0.625. The highest BCUT2D eigenvalue weighted by atomic mass is 19.1. The van der Waals surface area contributed by atoms with Crippen LogP contribution in [0, 0.1) is 0 Å². The van der Waals surface area contributed by atoms with Gasteiger partial charge in [-0.15, -0.1) is 0 Å². The molecule has 1 aliphatic rings. The Morgan fingerprint density at radius 3 is 2.90 bits per heavy atom. The van der Waals surface area contributed by atoms with Crippen LogP contribution in [0.3, 0.4) is 0 Å². The van der Waals surface area contributed by atoms with Gasteiger partial charge >= 0.3 is 0 Å². The van der Waals surface area contributed by atoms with Gasteiger partial charge in [-0.2, -0.15) is 0 Å². The van der Waals surface area contributed by atoms with E-state index in [2.05, 4.69) is 0 Å². The Bertz CT molecular complexity index is 172. The minimum Gasteiger partial charge on any atom is -0.295 e. The number of carbonyl (C=O) groups is 1. The summed E-state index contributed by atoms with van der Waals surface area (Å²) in [5.41, 5.74) is 0.948. The van der Waals surface area contributed by atoms with Crippen molar-refractivity contribution in [1.29, 1.82) is 0 Å². The third kappa shape index (κ3) is 1.66. The second-order valence-corrected chi connectivity index (χ2v) is 2.63. The third-order valence-electron chi connectivity index (χ3n) is 1.73. The van der Waals surface area contributed by atoms with E-state index in [1.807, 2.05) is 6.92 Å². The maximum Gasteiger partial charge on any atom is 0.158 e. The molecule has 0 saturated heterocycles. The summed E-state index contributed by atoms with van der Waals surface area (Å²) in [6.07, 6.45) is 2.00. The predicted octanol–water partition coefficient (Wildman–Crippen LogP) is 2.02. The van der Waals surface area contributed by atoms with Crippen molar-refractivity contribution in [2.24, 2.45) is 0 Å². The van der Waals surface area contributed by atoms with E-state index in [4.69, 9.17) is 0 Å². The Morgan fingerprint density at radius 1 is 1.70 bits per heavy atom. The molecule has 0 aromatic carbocycles. The topological polar surface area (TPSA) is 17.1 Å². The van der Waals surface area contributed by atoms with Crippen LogP contribution in [-0.4, -0.2) is 12.0 Å². The number of hydrogen-bond donors (Lipinski definition) is 0. The van der Waals surface area contributed by atoms with Gasteiger partial charge in [0.2, 0.25) is 0 Å². The van der Waals surface area contributed by atoms with E-state index in [-0.39, 0.29) is 12.2 Å². The lowest BCUT2D eigenvalue weighted by atomic mass is 9.95. The molecular weight excluding hydrogens is 131 g/mol. The molecule has 0 bridgehead atoms. The molecular formula is C8H11FO. The molecule has 0 radical (unpaired) electrons. The molecule has 0 aromatic rings. The first kappa shape index (κ1) is 7.45. The smallest absolute Gasteiger partial charge is 0.158 e. The Morgan fingerprint density at radius 2 is 2.40 bits per heavy atom. The molecule has 2 heteroatoms. The molecule has 0 aliphatic heterocycles. The van der Waals surface area contributed by atoms with Gasteiger partial charge < -0.3 is 0 Å². The summed E-state index contributed by atoms with van der Waals surface area (Å²) < 4.78 is 12.6. The fourth-order valence-electron chi connectivity index (χ4n) is 1.17. The van der Waals surface area contributed by atoms with Gasteiger partial charge in [0.05, 0.1) is 0 Å². The van der Waals surface area contributed by atoms with Crippen LogP contribution in [0.15, 0.2) is 11.6 Å². The van der Waals surface area contributed by atoms with E-state index in [1.165, 1.54) is 0 Å². The van der Waals surface area contributed by atoms with Crippen LogP contribution < -0.4 is 0 Å². The first-order valence-electron chi connectivity index (χ1n) is 3.58. The van der Waals surface area contributed by atoms with Crippen molar-refractivity contribution in [3.63, 3.8) is 0 Å². The largest absolute Gasteiger partial charge is 0.295 e. The highest BCUT2D eigenvalue weighted by molar-refractivity contribution is 5.91. The lowest BCUT2D eigenvalue weighted by Gasteiger charge is -2.13. The van der Waals surface area contributed by atoms with E-state index in [0.29, 0.717) is 6.42 Å². The van der Waals surface area contributed by atoms with E-state index < -0.39 is 6.17 Å². The van der Waals surface area contributed by atoms with Crippen LogP contribution >= 0.6 is 0 Å². The Labute approximate surface area is 59.9 Å². The van der Waals surface area contributed by atoms with Crippen LogP contribution in [0.5, 0.6) is 0 Å². The highest BCUT2D eigenvalue weighted by Crippen LogP contribution is 2.20. The molecule has 10 heavy (non-hydrogen) atoms. The molecule has 1 unspecified atom stereocenters. The zero-order chi connectivity index (χ0) is 7.56. The molecule has 1 rings (SSSR count). The molecule has 56 valence electrons. The maximum atomic E-state index is 12.6. The molecule has 0 saturated carbocycles. The molecule has 0 heterocycles. The van der Waals surface area contributed by atoms with Gasteiger partial charge in [-0.05, 0) is 12.5 Å². The number of hydrogen-bond acceptors (Lipinski definition) is 1. The second kappa shape index (κ2) is 2.95. The van der Waals surface area contributed by atoms with Gasteiger partial charge in [0.1, 0.15) is 6.17 Å². The van der Waals surface area contributed by atoms with Crippen molar-refractivity contribution in [2.45, 2.75) is 32.4 Å². The van der Waals surface area contributed by atoms with Crippen molar-refractivity contribution >= 4 is 5.78 Å². The summed E-state index contributed by atoms with van der Waals surface area (Å²) in [6, 6.07) is 0. The van der Waals surface area contributed by atoms with Crippen molar-refractivity contribution in [1.82, 2.24) is 0 Å². The summed E-state index contributed by atoms with van der Waals surface area (Å²) in [4.78, 5) is 10.7. The molecule has 0 aromatic heterocycles. The molecule has 1 aliphatic carbocycles. The average molecular weight is 142 g/mol. The monoisotopic (exact) mass is 142 g/mol. The minimum absolute atomic E-state index is 0.0596. The molecule has 0 fully saturated rings. The summed E-state index contributed by atoms with van der Waals surface area (Å²) >= 11 is 0. The summed E-state index contributed by atoms with van der Waals surface area (Å²) in [7, 11) is 0. The van der Waals surface area contributed by atoms with Crippen molar-refractivity contribution < 1.29 is 9.18 Å². The number of ketones is 1. The lowest BCUT2D eigenvalue weighted by Crippen LogP contribution is -2.14. The van der Waals surface area contributed by atoms with Gasteiger partial charge in [-0.1, -0.05) is 12.5 Å². The Kier molecular flexibility index (Phi) is 2.20. The van der Waals surface area contributed by atoms with Crippen molar-refractivity contribution in [3.05, 3.63) is 11.6 Å². The molecule has 0 amide bonds. The first-order valence-corrected chi connectivity index (χ1v) is 3.58. The van der Waals surface area contributed by atoms with E-state index in [9.17, 15) is 9.18 Å². The SMILES string of the molecule is CCC1=CC(=O)CC(F)C1. The predicted molar refractivity (Wildman–Crippen MR) is 37.5 cm³/mol. The molecule has 1 atom stereocenters. The quantitative estimate of drug-likeness (QED) is 0.547. The molecule has 0 spiro atoms. The third-order valence-corrected chi connectivity index (χ3v) is 1.73. The van der Waals surface area contributed by atoms with Gasteiger partial charge in [0, 0.05) is 12.8 Å². The van der Waals surface area contributed by atoms with Gasteiger partial charge in [0.25, 0.3) is 0 Å². The Balaban J connectivity index is 2.65.